The monoisotopic (exact) mass is 351 g/mol. The summed E-state index contributed by atoms with van der Waals surface area (Å²) < 4.78 is 16.3. The third-order valence-electron chi connectivity index (χ3n) is 4.07. The predicted octanol–water partition coefficient (Wildman–Crippen LogP) is 4.26. The molecule has 3 aromatic rings. The number of nitrogens with one attached hydrogen (secondary N) is 1. The summed E-state index contributed by atoms with van der Waals surface area (Å²) in [5.74, 6) is 1.75. The third-order valence-corrected chi connectivity index (χ3v) is 4.07. The molecule has 0 aliphatic carbocycles. The van der Waals surface area contributed by atoms with Crippen molar-refractivity contribution >= 4 is 22.4 Å². The Balaban J connectivity index is 1.73. The summed E-state index contributed by atoms with van der Waals surface area (Å²) in [6, 6.07) is 18.8. The quantitative estimate of drug-likeness (QED) is 0.721. The predicted molar refractivity (Wildman–Crippen MR) is 102 cm³/mol. The summed E-state index contributed by atoms with van der Waals surface area (Å²) >= 11 is 0. The number of fused-ring (bicyclic) bond motifs is 1. The maximum Gasteiger partial charge on any atom is 0.265 e. The molecule has 0 unspecified atom stereocenters. The number of ether oxygens (including phenoxy) is 3. The molecule has 0 fully saturated rings. The van der Waals surface area contributed by atoms with E-state index in [9.17, 15) is 4.79 Å². The number of anilines is 1. The minimum atomic E-state index is -0.664. The number of rotatable bonds is 6. The van der Waals surface area contributed by atoms with E-state index >= 15 is 0 Å². The van der Waals surface area contributed by atoms with Gasteiger partial charge in [-0.1, -0.05) is 24.3 Å². The number of amides is 1. The average molecular weight is 351 g/mol. The van der Waals surface area contributed by atoms with Crippen LogP contribution in [0.15, 0.2) is 60.7 Å². The van der Waals surface area contributed by atoms with Gasteiger partial charge in [-0.25, -0.2) is 0 Å². The number of carbonyl (C=O) groups excluding carboxylic acids is 1. The van der Waals surface area contributed by atoms with E-state index in [1.165, 1.54) is 0 Å². The van der Waals surface area contributed by atoms with Gasteiger partial charge in [0.1, 0.15) is 17.2 Å². The largest absolute Gasteiger partial charge is 0.497 e. The highest BCUT2D eigenvalue weighted by atomic mass is 16.5. The maximum absolute atomic E-state index is 12.4. The fourth-order valence-electron chi connectivity index (χ4n) is 2.64. The molecule has 0 aromatic heterocycles. The molecule has 3 aromatic carbocycles. The Morgan fingerprint density at radius 3 is 2.31 bits per heavy atom. The van der Waals surface area contributed by atoms with Crippen molar-refractivity contribution in [1.29, 1.82) is 0 Å². The molecule has 0 saturated heterocycles. The highest BCUT2D eigenvalue weighted by molar-refractivity contribution is 5.95. The molecule has 0 radical (unpaired) electrons. The lowest BCUT2D eigenvalue weighted by Crippen LogP contribution is -2.30. The molecule has 5 nitrogen and oxygen atoms in total. The summed E-state index contributed by atoms with van der Waals surface area (Å²) in [4.78, 5) is 12.4. The van der Waals surface area contributed by atoms with E-state index in [0.717, 1.165) is 16.5 Å². The summed E-state index contributed by atoms with van der Waals surface area (Å²) in [5, 5.41) is 4.89. The zero-order valence-electron chi connectivity index (χ0n) is 15.0. The van der Waals surface area contributed by atoms with E-state index in [1.54, 1.807) is 33.3 Å². The Labute approximate surface area is 152 Å². The van der Waals surface area contributed by atoms with Crippen LogP contribution in [0.25, 0.3) is 10.8 Å². The number of benzene rings is 3. The smallest absolute Gasteiger partial charge is 0.265 e. The zero-order chi connectivity index (χ0) is 18.5. The molecule has 3 rings (SSSR count). The molecule has 134 valence electrons. The van der Waals surface area contributed by atoms with E-state index in [2.05, 4.69) is 5.32 Å². The molecule has 1 atom stereocenters. The molecular formula is C21H21NO4. The van der Waals surface area contributed by atoms with Gasteiger partial charge >= 0.3 is 0 Å². The SMILES string of the molecule is COc1ccc2ccc(O[C@@H](C)C(=O)Nc3ccccc3OC)cc2c1. The first-order valence-electron chi connectivity index (χ1n) is 8.29. The first kappa shape index (κ1) is 17.6. The van der Waals surface area contributed by atoms with Gasteiger partial charge in [0.2, 0.25) is 0 Å². The molecule has 1 N–H and O–H groups in total. The minimum absolute atomic E-state index is 0.250. The molecule has 0 saturated carbocycles. The molecular weight excluding hydrogens is 330 g/mol. The highest BCUT2D eigenvalue weighted by Crippen LogP contribution is 2.26. The Kier molecular flexibility index (Phi) is 5.27. The number of para-hydroxylation sites is 2. The summed E-state index contributed by atoms with van der Waals surface area (Å²) in [7, 11) is 3.19. The highest BCUT2D eigenvalue weighted by Gasteiger charge is 2.16. The van der Waals surface area contributed by atoms with Gasteiger partial charge in [-0.2, -0.15) is 0 Å². The van der Waals surface area contributed by atoms with E-state index in [1.807, 2.05) is 48.5 Å². The molecule has 0 heterocycles. The standard InChI is InChI=1S/C21H21NO4/c1-14(21(23)22-19-6-4-5-7-20(19)25-3)26-18-11-9-15-8-10-17(24-2)12-16(15)13-18/h4-14H,1-3H3,(H,22,23)/t14-/m0/s1. The topological polar surface area (TPSA) is 56.8 Å². The lowest BCUT2D eigenvalue weighted by Gasteiger charge is -2.16. The van der Waals surface area contributed by atoms with Crippen LogP contribution in [0.3, 0.4) is 0 Å². The molecule has 5 heteroatoms. The first-order chi connectivity index (χ1) is 12.6. The normalized spacial score (nSPS) is 11.7. The van der Waals surface area contributed by atoms with Gasteiger partial charge in [0, 0.05) is 0 Å². The van der Waals surface area contributed by atoms with Crippen LogP contribution in [-0.4, -0.2) is 26.2 Å². The number of hydrogen-bond acceptors (Lipinski definition) is 4. The lowest BCUT2D eigenvalue weighted by molar-refractivity contribution is -0.122. The van der Waals surface area contributed by atoms with Gasteiger partial charge in [-0.15, -0.1) is 0 Å². The summed E-state index contributed by atoms with van der Waals surface area (Å²) in [6.07, 6.45) is -0.664. The Hall–Kier alpha value is -3.21. The van der Waals surface area contributed by atoms with E-state index in [0.29, 0.717) is 17.2 Å². The number of carbonyl (C=O) groups is 1. The second kappa shape index (κ2) is 7.78. The fourth-order valence-corrected chi connectivity index (χ4v) is 2.64. The van der Waals surface area contributed by atoms with Crippen LogP contribution in [0.1, 0.15) is 6.92 Å². The molecule has 0 spiro atoms. The van der Waals surface area contributed by atoms with Crippen molar-refractivity contribution in [3.8, 4) is 17.2 Å². The molecule has 0 bridgehead atoms. The molecule has 26 heavy (non-hydrogen) atoms. The van der Waals surface area contributed by atoms with Crippen LogP contribution in [0.4, 0.5) is 5.69 Å². The lowest BCUT2D eigenvalue weighted by atomic mass is 10.1. The van der Waals surface area contributed by atoms with E-state index in [-0.39, 0.29) is 5.91 Å². The number of methoxy groups -OCH3 is 2. The second-order valence-electron chi connectivity index (χ2n) is 5.82. The van der Waals surface area contributed by atoms with E-state index in [4.69, 9.17) is 14.2 Å². The van der Waals surface area contributed by atoms with Crippen molar-refractivity contribution in [2.45, 2.75) is 13.0 Å². The van der Waals surface area contributed by atoms with Crippen LogP contribution in [0.5, 0.6) is 17.2 Å². The third kappa shape index (κ3) is 3.88. The second-order valence-corrected chi connectivity index (χ2v) is 5.82. The Morgan fingerprint density at radius 1 is 0.885 bits per heavy atom. The number of hydrogen-bond donors (Lipinski definition) is 1. The van der Waals surface area contributed by atoms with E-state index < -0.39 is 6.10 Å². The molecule has 0 aliphatic rings. The van der Waals surface area contributed by atoms with Gasteiger partial charge < -0.3 is 19.5 Å². The summed E-state index contributed by atoms with van der Waals surface area (Å²) in [5.41, 5.74) is 0.610. The van der Waals surface area contributed by atoms with Gasteiger partial charge in [0.15, 0.2) is 6.10 Å². The van der Waals surface area contributed by atoms with Gasteiger partial charge in [0.05, 0.1) is 19.9 Å². The van der Waals surface area contributed by atoms with Crippen LogP contribution >= 0.6 is 0 Å². The van der Waals surface area contributed by atoms with Crippen LogP contribution in [0, 0.1) is 0 Å². The van der Waals surface area contributed by atoms with Crippen LogP contribution in [-0.2, 0) is 4.79 Å². The molecule has 1 amide bonds. The zero-order valence-corrected chi connectivity index (χ0v) is 15.0. The van der Waals surface area contributed by atoms with Crippen molar-refractivity contribution < 1.29 is 19.0 Å². The Bertz CT molecular complexity index is 923. The first-order valence-corrected chi connectivity index (χ1v) is 8.29. The van der Waals surface area contributed by atoms with Crippen molar-refractivity contribution in [2.75, 3.05) is 19.5 Å². The minimum Gasteiger partial charge on any atom is -0.497 e. The van der Waals surface area contributed by atoms with Crippen molar-refractivity contribution in [1.82, 2.24) is 0 Å². The Morgan fingerprint density at radius 2 is 1.58 bits per heavy atom. The van der Waals surface area contributed by atoms with Gasteiger partial charge in [-0.05, 0) is 54.1 Å². The van der Waals surface area contributed by atoms with Crippen LogP contribution in [0.2, 0.25) is 0 Å². The summed E-state index contributed by atoms with van der Waals surface area (Å²) in [6.45, 7) is 1.71. The van der Waals surface area contributed by atoms with Gasteiger partial charge in [-0.3, -0.25) is 4.79 Å². The fraction of sp³-hybridized carbons (Fsp3) is 0.190. The van der Waals surface area contributed by atoms with Crippen molar-refractivity contribution in [2.24, 2.45) is 0 Å². The van der Waals surface area contributed by atoms with Crippen molar-refractivity contribution in [3.63, 3.8) is 0 Å². The molecule has 0 aliphatic heterocycles. The maximum atomic E-state index is 12.4. The van der Waals surface area contributed by atoms with Crippen LogP contribution < -0.4 is 19.5 Å². The average Bonchev–Trinajstić information content (AvgIpc) is 2.67. The van der Waals surface area contributed by atoms with Crippen molar-refractivity contribution in [3.05, 3.63) is 60.7 Å². The van der Waals surface area contributed by atoms with Gasteiger partial charge in [0.25, 0.3) is 5.91 Å².